The van der Waals surface area contributed by atoms with Gasteiger partial charge in [0.2, 0.25) is 0 Å². The zero-order valence-corrected chi connectivity index (χ0v) is 35.1. The predicted octanol–water partition coefficient (Wildman–Crippen LogP) is 8.28. The zero-order chi connectivity index (χ0) is 40.6. The van der Waals surface area contributed by atoms with Gasteiger partial charge in [0.25, 0.3) is 10.1 Å². The number of hydrogen-bond donors (Lipinski definition) is 4. The van der Waals surface area contributed by atoms with Crippen LogP contribution in [0.25, 0.3) is 0 Å². The Balaban J connectivity index is 2.40. The Kier molecular flexibility index (Phi) is 31.2. The van der Waals surface area contributed by atoms with Gasteiger partial charge in [-0.3, -0.25) is 14.1 Å². The summed E-state index contributed by atoms with van der Waals surface area (Å²) in [5, 5.41) is 30.8. The van der Waals surface area contributed by atoms with Crippen molar-refractivity contribution in [1.29, 1.82) is 0 Å². The molecule has 1 aliphatic heterocycles. The second-order valence-corrected chi connectivity index (χ2v) is 16.9. The molecule has 13 heteroatoms. The van der Waals surface area contributed by atoms with Crippen LogP contribution in [0.1, 0.15) is 187 Å². The minimum Gasteiger partial charge on any atom is -0.462 e. The van der Waals surface area contributed by atoms with Gasteiger partial charge in [-0.1, -0.05) is 148 Å². The normalized spacial score (nSPS) is 20.9. The number of ether oxygens (including phenoxy) is 4. The van der Waals surface area contributed by atoms with Gasteiger partial charge >= 0.3 is 11.9 Å². The maximum atomic E-state index is 12.8. The number of aliphatic hydroxyl groups excluding tert-OH is 3. The molecule has 0 radical (unpaired) electrons. The van der Waals surface area contributed by atoms with Crippen LogP contribution in [0.4, 0.5) is 0 Å². The lowest BCUT2D eigenvalue weighted by atomic mass is 10.00. The van der Waals surface area contributed by atoms with E-state index in [-0.39, 0.29) is 19.4 Å². The molecule has 324 valence electrons. The molecule has 1 saturated heterocycles. The summed E-state index contributed by atoms with van der Waals surface area (Å²) in [6, 6.07) is 0. The van der Waals surface area contributed by atoms with E-state index in [0.29, 0.717) is 12.8 Å². The van der Waals surface area contributed by atoms with Crippen LogP contribution in [-0.4, -0.2) is 96.0 Å². The summed E-state index contributed by atoms with van der Waals surface area (Å²) in [4.78, 5) is 25.2. The van der Waals surface area contributed by atoms with Gasteiger partial charge < -0.3 is 34.3 Å². The monoisotopic (exact) mass is 807 g/mol. The summed E-state index contributed by atoms with van der Waals surface area (Å²) in [6.45, 7) is 3.71. The number of aliphatic hydroxyl groups is 3. The number of unbranched alkanes of at least 4 members (excludes halogenated alkanes) is 22. The quantitative estimate of drug-likeness (QED) is 0.0206. The highest BCUT2D eigenvalue weighted by Gasteiger charge is 2.46. The number of allylic oxidation sites excluding steroid dienone is 2. The van der Waals surface area contributed by atoms with E-state index >= 15 is 0 Å². The van der Waals surface area contributed by atoms with E-state index in [0.717, 1.165) is 38.5 Å². The van der Waals surface area contributed by atoms with Crippen LogP contribution in [0.15, 0.2) is 12.2 Å². The summed E-state index contributed by atoms with van der Waals surface area (Å²) >= 11 is 0. The summed E-state index contributed by atoms with van der Waals surface area (Å²) in [5.74, 6) is -1.98. The molecule has 0 aromatic heterocycles. The molecule has 1 heterocycles. The van der Waals surface area contributed by atoms with Gasteiger partial charge in [-0.15, -0.1) is 0 Å². The second-order valence-electron chi connectivity index (χ2n) is 15.4. The van der Waals surface area contributed by atoms with Crippen LogP contribution >= 0.6 is 0 Å². The largest absolute Gasteiger partial charge is 0.462 e. The van der Waals surface area contributed by atoms with Crippen LogP contribution in [0.2, 0.25) is 0 Å². The Morgan fingerprint density at radius 2 is 1.04 bits per heavy atom. The number of carbonyl (C=O) groups excluding carboxylic acids is 2. The van der Waals surface area contributed by atoms with Crippen LogP contribution in [0.5, 0.6) is 0 Å². The van der Waals surface area contributed by atoms with Gasteiger partial charge in [0, 0.05) is 12.8 Å². The Morgan fingerprint density at radius 1 is 0.600 bits per heavy atom. The Morgan fingerprint density at radius 3 is 1.51 bits per heavy atom. The molecule has 0 spiro atoms. The first kappa shape index (κ1) is 51.4. The smallest absolute Gasteiger partial charge is 0.306 e. The molecule has 0 saturated carbocycles. The van der Waals surface area contributed by atoms with Crippen molar-refractivity contribution in [1.82, 2.24) is 0 Å². The van der Waals surface area contributed by atoms with Gasteiger partial charge in [0.05, 0.1) is 6.61 Å². The Bertz CT molecular complexity index is 1080. The van der Waals surface area contributed by atoms with Gasteiger partial charge in [0.15, 0.2) is 12.4 Å². The summed E-state index contributed by atoms with van der Waals surface area (Å²) in [5.41, 5.74) is 0. The van der Waals surface area contributed by atoms with E-state index in [1.807, 2.05) is 0 Å². The molecule has 0 amide bonds. The first-order valence-electron chi connectivity index (χ1n) is 21.7. The number of rotatable bonds is 36. The molecule has 1 rings (SSSR count). The van der Waals surface area contributed by atoms with Crippen molar-refractivity contribution in [2.45, 2.75) is 224 Å². The lowest BCUT2D eigenvalue weighted by Gasteiger charge is -2.40. The molecule has 6 atom stereocenters. The molecule has 0 aliphatic carbocycles. The fraction of sp³-hybridized carbons (Fsp3) is 0.905. The van der Waals surface area contributed by atoms with Crippen molar-refractivity contribution in [3.63, 3.8) is 0 Å². The average Bonchev–Trinajstić information content (AvgIpc) is 3.14. The van der Waals surface area contributed by atoms with Gasteiger partial charge in [-0.25, -0.2) is 0 Å². The first-order chi connectivity index (χ1) is 26.5. The van der Waals surface area contributed by atoms with Gasteiger partial charge in [-0.05, 0) is 38.5 Å². The Hall–Kier alpha value is -1.61. The molecule has 12 nitrogen and oxygen atoms in total. The maximum Gasteiger partial charge on any atom is 0.306 e. The third-order valence-electron chi connectivity index (χ3n) is 10.1. The first-order valence-corrected chi connectivity index (χ1v) is 23.4. The summed E-state index contributed by atoms with van der Waals surface area (Å²) in [7, 11) is -4.59. The molecule has 0 bridgehead atoms. The highest BCUT2D eigenvalue weighted by atomic mass is 32.2. The zero-order valence-electron chi connectivity index (χ0n) is 34.3. The lowest BCUT2D eigenvalue weighted by Crippen LogP contribution is -2.60. The third-order valence-corrected chi connectivity index (χ3v) is 10.8. The predicted molar refractivity (Wildman–Crippen MR) is 215 cm³/mol. The SMILES string of the molecule is CCCCCCCC/C=C/CCCCCCCCCCCC(=O)O[C@H](COC(=O)CCCCCCCCCC)CO[C@H]1O[C@H](CS(=O)(=O)O)[C@@H](O)C(O)C1O. The van der Waals surface area contributed by atoms with Crippen molar-refractivity contribution < 1.29 is 56.8 Å². The van der Waals surface area contributed by atoms with Crippen LogP contribution in [0, 0.1) is 0 Å². The van der Waals surface area contributed by atoms with E-state index < -0.39 is 71.2 Å². The fourth-order valence-electron chi connectivity index (χ4n) is 6.67. The standard InChI is InChI=1S/C42H78O12S/c1-3-5-7-9-11-13-14-15-16-17-18-19-20-21-22-23-25-27-29-31-38(44)53-35(32-51-37(43)30-28-26-24-12-10-8-6-4-2)33-52-42-41(47)40(46)39(45)36(54-42)34-55(48,49)50/h15-16,35-36,39-42,45-47H,3-14,17-34H2,1-2H3,(H,48,49,50)/b16-15+/t35-,36-,39-,40?,41?,42+/m1/s1. The van der Waals surface area contributed by atoms with E-state index in [1.54, 1.807) is 0 Å². The number of esters is 2. The van der Waals surface area contributed by atoms with Crippen LogP contribution in [-0.2, 0) is 38.7 Å². The van der Waals surface area contributed by atoms with Crippen molar-refractivity contribution in [2.75, 3.05) is 19.0 Å². The maximum absolute atomic E-state index is 12.8. The lowest BCUT2D eigenvalue weighted by molar-refractivity contribution is -0.297. The fourth-order valence-corrected chi connectivity index (χ4v) is 7.36. The molecule has 0 aromatic carbocycles. The molecule has 55 heavy (non-hydrogen) atoms. The van der Waals surface area contributed by atoms with Crippen LogP contribution in [0.3, 0.4) is 0 Å². The van der Waals surface area contributed by atoms with Crippen molar-refractivity contribution >= 4 is 22.1 Å². The van der Waals surface area contributed by atoms with E-state index in [9.17, 15) is 37.9 Å². The highest BCUT2D eigenvalue weighted by molar-refractivity contribution is 7.85. The van der Waals surface area contributed by atoms with Crippen molar-refractivity contribution in [3.8, 4) is 0 Å². The van der Waals surface area contributed by atoms with Gasteiger partial charge in [-0.2, -0.15) is 8.42 Å². The number of carbonyl (C=O) groups is 2. The van der Waals surface area contributed by atoms with E-state index in [2.05, 4.69) is 26.0 Å². The molecule has 2 unspecified atom stereocenters. The topological polar surface area (TPSA) is 186 Å². The summed E-state index contributed by atoms with van der Waals surface area (Å²) in [6.07, 6.45) is 24.2. The van der Waals surface area contributed by atoms with E-state index in [4.69, 9.17) is 18.9 Å². The Labute approximate surface area is 333 Å². The average molecular weight is 807 g/mol. The third kappa shape index (κ3) is 28.4. The number of hydrogen-bond acceptors (Lipinski definition) is 11. The minimum absolute atomic E-state index is 0.166. The van der Waals surface area contributed by atoms with Crippen molar-refractivity contribution in [3.05, 3.63) is 12.2 Å². The molecule has 1 fully saturated rings. The molecular weight excluding hydrogens is 729 g/mol. The minimum atomic E-state index is -4.59. The van der Waals surface area contributed by atoms with Gasteiger partial charge in [0.1, 0.15) is 36.8 Å². The summed E-state index contributed by atoms with van der Waals surface area (Å²) < 4.78 is 53.9. The second kappa shape index (κ2) is 33.4. The molecule has 1 aliphatic rings. The highest BCUT2D eigenvalue weighted by Crippen LogP contribution is 2.24. The molecular formula is C42H78O12S. The van der Waals surface area contributed by atoms with Crippen molar-refractivity contribution in [2.24, 2.45) is 0 Å². The van der Waals surface area contributed by atoms with E-state index in [1.165, 1.54) is 109 Å². The van der Waals surface area contributed by atoms with Crippen LogP contribution < -0.4 is 0 Å². The molecule has 4 N–H and O–H groups in total. The molecule has 0 aromatic rings.